The zero-order chi connectivity index (χ0) is 25.6. The first kappa shape index (κ1) is 28.0. The van der Waals surface area contributed by atoms with Crippen molar-refractivity contribution in [3.05, 3.63) is 63.1 Å². The Morgan fingerprint density at radius 2 is 1.79 bits per heavy atom. The van der Waals surface area contributed by atoms with Gasteiger partial charge in [-0.15, -0.1) is 0 Å². The van der Waals surface area contributed by atoms with Gasteiger partial charge in [0.2, 0.25) is 21.8 Å². The average molecular weight is 529 g/mol. The van der Waals surface area contributed by atoms with E-state index >= 15 is 0 Å². The molecule has 0 radical (unpaired) electrons. The van der Waals surface area contributed by atoms with E-state index in [1.165, 1.54) is 4.90 Å². The molecule has 0 aliphatic heterocycles. The van der Waals surface area contributed by atoms with Crippen LogP contribution in [0.3, 0.4) is 0 Å². The number of sulfonamides is 1. The van der Waals surface area contributed by atoms with Gasteiger partial charge in [-0.3, -0.25) is 13.9 Å². The van der Waals surface area contributed by atoms with Crippen molar-refractivity contribution in [2.24, 2.45) is 0 Å². The third-order valence-corrected chi connectivity index (χ3v) is 7.31. The van der Waals surface area contributed by atoms with Gasteiger partial charge in [-0.25, -0.2) is 8.42 Å². The van der Waals surface area contributed by atoms with E-state index in [0.717, 1.165) is 28.1 Å². The minimum atomic E-state index is -3.79. The molecule has 34 heavy (non-hydrogen) atoms. The molecule has 2 aromatic rings. The highest BCUT2D eigenvalue weighted by atomic mass is 35.5. The number of nitrogens with one attached hydrogen (secondary N) is 1. The van der Waals surface area contributed by atoms with Crippen LogP contribution in [0.5, 0.6) is 0 Å². The summed E-state index contributed by atoms with van der Waals surface area (Å²) in [6, 6.07) is 9.30. The summed E-state index contributed by atoms with van der Waals surface area (Å²) in [4.78, 5) is 27.6. The summed E-state index contributed by atoms with van der Waals surface area (Å²) in [6.07, 6.45) is 1.80. The number of amides is 2. The number of anilines is 1. The molecule has 10 heteroatoms. The van der Waals surface area contributed by atoms with Crippen LogP contribution in [0.25, 0.3) is 0 Å². The van der Waals surface area contributed by atoms with E-state index in [2.05, 4.69) is 5.32 Å². The summed E-state index contributed by atoms with van der Waals surface area (Å²) in [5, 5.41) is 3.58. The van der Waals surface area contributed by atoms with E-state index in [-0.39, 0.29) is 12.5 Å². The fourth-order valence-corrected chi connectivity index (χ4v) is 4.78. The number of carbonyl (C=O) groups is 2. The Balaban J connectivity index is 2.45. The lowest BCUT2D eigenvalue weighted by Gasteiger charge is -2.32. The van der Waals surface area contributed by atoms with Crippen LogP contribution in [0.4, 0.5) is 5.69 Å². The van der Waals surface area contributed by atoms with Gasteiger partial charge >= 0.3 is 0 Å². The average Bonchev–Trinajstić information content (AvgIpc) is 2.76. The summed E-state index contributed by atoms with van der Waals surface area (Å²) < 4.78 is 26.5. The fourth-order valence-electron chi connectivity index (χ4n) is 3.41. The van der Waals surface area contributed by atoms with Crippen LogP contribution in [0.1, 0.15) is 37.0 Å². The van der Waals surface area contributed by atoms with Crippen LogP contribution in [0, 0.1) is 13.8 Å². The predicted octanol–water partition coefficient (Wildman–Crippen LogP) is 4.32. The molecule has 0 spiro atoms. The molecule has 7 nitrogen and oxygen atoms in total. The molecule has 1 N–H and O–H groups in total. The Morgan fingerprint density at radius 3 is 2.38 bits per heavy atom. The van der Waals surface area contributed by atoms with Crippen LogP contribution in [0.2, 0.25) is 10.0 Å². The minimum absolute atomic E-state index is 0.0138. The maximum Gasteiger partial charge on any atom is 0.244 e. The Morgan fingerprint density at radius 1 is 1.12 bits per heavy atom. The molecule has 1 unspecified atom stereocenters. The molecule has 0 aliphatic rings. The van der Waals surface area contributed by atoms with E-state index in [9.17, 15) is 18.0 Å². The summed E-state index contributed by atoms with van der Waals surface area (Å²) in [7, 11) is -3.79. The smallest absolute Gasteiger partial charge is 0.244 e. The van der Waals surface area contributed by atoms with Crippen molar-refractivity contribution < 1.29 is 18.0 Å². The summed E-state index contributed by atoms with van der Waals surface area (Å²) in [6.45, 7) is 7.23. The van der Waals surface area contributed by atoms with Crippen molar-refractivity contribution >= 4 is 50.7 Å². The molecule has 2 aromatic carbocycles. The van der Waals surface area contributed by atoms with E-state index in [1.807, 2.05) is 19.9 Å². The van der Waals surface area contributed by atoms with E-state index in [1.54, 1.807) is 44.2 Å². The molecule has 1 atom stereocenters. The lowest BCUT2D eigenvalue weighted by atomic mass is 10.1. The van der Waals surface area contributed by atoms with Gasteiger partial charge in [-0.1, -0.05) is 48.3 Å². The molecular weight excluding hydrogens is 497 g/mol. The van der Waals surface area contributed by atoms with Gasteiger partial charge in [0.25, 0.3) is 0 Å². The Labute approximate surface area is 212 Å². The molecule has 0 aliphatic carbocycles. The monoisotopic (exact) mass is 527 g/mol. The quantitative estimate of drug-likeness (QED) is 0.498. The van der Waals surface area contributed by atoms with Gasteiger partial charge < -0.3 is 10.2 Å². The number of aryl methyl sites for hydroxylation is 1. The normalized spacial score (nSPS) is 12.2. The topological polar surface area (TPSA) is 86.8 Å². The molecule has 0 aromatic heterocycles. The number of hydrogen-bond donors (Lipinski definition) is 1. The van der Waals surface area contributed by atoms with Crippen molar-refractivity contribution in [2.45, 2.75) is 46.7 Å². The molecule has 2 rings (SSSR count). The third kappa shape index (κ3) is 7.10. The molecule has 0 fully saturated rings. The van der Waals surface area contributed by atoms with E-state index < -0.39 is 28.5 Å². The van der Waals surface area contributed by atoms with Crippen molar-refractivity contribution in [3.8, 4) is 0 Å². The maximum atomic E-state index is 13.5. The van der Waals surface area contributed by atoms with Crippen LogP contribution >= 0.6 is 23.2 Å². The van der Waals surface area contributed by atoms with E-state index in [4.69, 9.17) is 23.2 Å². The number of halogens is 2. The molecule has 0 saturated carbocycles. The minimum Gasteiger partial charge on any atom is -0.354 e. The number of rotatable bonds is 10. The third-order valence-electron chi connectivity index (χ3n) is 5.60. The zero-order valence-electron chi connectivity index (χ0n) is 20.1. The molecule has 186 valence electrons. The summed E-state index contributed by atoms with van der Waals surface area (Å²) >= 11 is 12.3. The molecule has 0 bridgehead atoms. The maximum absolute atomic E-state index is 13.5. The van der Waals surface area contributed by atoms with Gasteiger partial charge in [-0.05, 0) is 62.1 Å². The first-order chi connectivity index (χ1) is 15.9. The van der Waals surface area contributed by atoms with Gasteiger partial charge in [0.1, 0.15) is 12.6 Å². The largest absolute Gasteiger partial charge is 0.354 e. The first-order valence-electron chi connectivity index (χ1n) is 10.9. The van der Waals surface area contributed by atoms with Gasteiger partial charge in [-0.2, -0.15) is 0 Å². The van der Waals surface area contributed by atoms with Crippen LogP contribution < -0.4 is 9.62 Å². The van der Waals surface area contributed by atoms with Crippen LogP contribution in [0.15, 0.2) is 36.4 Å². The number of hydrogen-bond acceptors (Lipinski definition) is 4. The van der Waals surface area contributed by atoms with Crippen molar-refractivity contribution in [1.82, 2.24) is 10.2 Å². The molecule has 0 saturated heterocycles. The second-order valence-corrected chi connectivity index (χ2v) is 11.0. The van der Waals surface area contributed by atoms with Crippen molar-refractivity contribution in [1.29, 1.82) is 0 Å². The molecular formula is C24H31Cl2N3O4S. The lowest BCUT2D eigenvalue weighted by molar-refractivity contribution is -0.139. The Bertz CT molecular complexity index is 1150. The standard InChI is InChI=1S/C24H31Cl2N3O4S/c1-6-12-27-24(31)18(4)28(14-19-10-11-20(25)13-21(19)26)23(30)15-29(34(5,32)33)22-9-7-8-16(2)17(22)3/h7-11,13,18H,6,12,14-15H2,1-5H3,(H,27,31). The van der Waals surface area contributed by atoms with Crippen molar-refractivity contribution in [3.63, 3.8) is 0 Å². The van der Waals surface area contributed by atoms with E-state index in [0.29, 0.717) is 27.8 Å². The van der Waals surface area contributed by atoms with Crippen molar-refractivity contribution in [2.75, 3.05) is 23.7 Å². The van der Waals surface area contributed by atoms with Gasteiger partial charge in [0.15, 0.2) is 0 Å². The highest BCUT2D eigenvalue weighted by molar-refractivity contribution is 7.92. The second kappa shape index (κ2) is 11.9. The SMILES string of the molecule is CCCNC(=O)C(C)N(Cc1ccc(Cl)cc1Cl)C(=O)CN(c1cccc(C)c1C)S(C)(=O)=O. The second-order valence-electron chi connectivity index (χ2n) is 8.21. The summed E-state index contributed by atoms with van der Waals surface area (Å²) in [5.41, 5.74) is 2.66. The van der Waals surface area contributed by atoms with Gasteiger partial charge in [0.05, 0.1) is 11.9 Å². The number of nitrogens with zero attached hydrogens (tertiary/aromatic N) is 2. The Hall–Kier alpha value is -2.29. The lowest BCUT2D eigenvalue weighted by Crippen LogP contribution is -2.51. The fraction of sp³-hybridized carbons (Fsp3) is 0.417. The highest BCUT2D eigenvalue weighted by Crippen LogP contribution is 2.26. The first-order valence-corrected chi connectivity index (χ1v) is 13.5. The Kier molecular flexibility index (Phi) is 9.79. The summed E-state index contributed by atoms with van der Waals surface area (Å²) in [5.74, 6) is -0.866. The molecule has 0 heterocycles. The van der Waals surface area contributed by atoms with Crippen LogP contribution in [-0.2, 0) is 26.2 Å². The zero-order valence-corrected chi connectivity index (χ0v) is 22.4. The predicted molar refractivity (Wildman–Crippen MR) is 138 cm³/mol. The van der Waals surface area contributed by atoms with Gasteiger partial charge in [0, 0.05) is 23.1 Å². The number of carbonyl (C=O) groups excluding carboxylic acids is 2. The van der Waals surface area contributed by atoms with Crippen LogP contribution in [-0.4, -0.2) is 50.5 Å². The molecule has 2 amide bonds. The highest BCUT2D eigenvalue weighted by Gasteiger charge is 2.31. The number of benzene rings is 2.